The molecule has 0 unspecified atom stereocenters. The topological polar surface area (TPSA) is 94.6 Å². The number of carbonyl (C=O) groups is 2. The molecule has 1 N–H and O–H groups in total. The molecule has 1 aromatic carbocycles. The lowest BCUT2D eigenvalue weighted by Gasteiger charge is -2.12. The minimum Gasteiger partial charge on any atom is -0.462 e. The van der Waals surface area contributed by atoms with Crippen LogP contribution in [0.5, 0.6) is 0 Å². The first kappa shape index (κ1) is 17.1. The lowest BCUT2D eigenvalue weighted by molar-refractivity contribution is -0.118. The Kier molecular flexibility index (Phi) is 4.27. The van der Waals surface area contributed by atoms with Crippen LogP contribution in [-0.4, -0.2) is 23.6 Å². The average molecular weight is 366 g/mol. The van der Waals surface area contributed by atoms with Crippen molar-refractivity contribution in [2.45, 2.75) is 25.2 Å². The Balaban J connectivity index is 1.47. The van der Waals surface area contributed by atoms with Gasteiger partial charge in [-0.05, 0) is 56.2 Å². The molecule has 138 valence electrons. The van der Waals surface area contributed by atoms with E-state index in [9.17, 15) is 9.59 Å². The highest BCUT2D eigenvalue weighted by atomic mass is 16.5. The summed E-state index contributed by atoms with van der Waals surface area (Å²) in [5.74, 6) is 0.528. The summed E-state index contributed by atoms with van der Waals surface area (Å²) in [5, 5.41) is 6.96. The Bertz CT molecular complexity index is 953. The number of carbonyl (C=O) groups excluding carboxylic acids is 2. The molecule has 7 nitrogen and oxygen atoms in total. The number of amides is 1. The maximum Gasteiger partial charge on any atom is 0.338 e. The van der Waals surface area contributed by atoms with Crippen molar-refractivity contribution in [2.75, 3.05) is 11.9 Å². The molecule has 0 aliphatic heterocycles. The van der Waals surface area contributed by atoms with Crippen LogP contribution < -0.4 is 5.32 Å². The first-order chi connectivity index (χ1) is 13.1. The number of rotatable bonds is 6. The van der Waals surface area contributed by atoms with Gasteiger partial charge in [-0.3, -0.25) is 4.79 Å². The number of ether oxygens (including phenoxy) is 1. The standard InChI is InChI=1S/C20H18N2O5/c1-2-25-18(23)13-5-7-14(8-6-13)21-19(24)20(9-10-20)17-12-16(27-22-17)15-4-3-11-26-15/h3-8,11-12H,2,9-10H2,1H3,(H,21,24). The first-order valence-electron chi connectivity index (χ1n) is 8.72. The summed E-state index contributed by atoms with van der Waals surface area (Å²) in [6, 6.07) is 11.9. The van der Waals surface area contributed by atoms with E-state index in [1.54, 1.807) is 55.7 Å². The van der Waals surface area contributed by atoms with Crippen molar-refractivity contribution >= 4 is 17.6 Å². The molecule has 2 aromatic heterocycles. The molecule has 0 saturated heterocycles. The SMILES string of the molecule is CCOC(=O)c1ccc(NC(=O)C2(c3cc(-c4ccco4)on3)CC2)cc1. The van der Waals surface area contributed by atoms with Crippen LogP contribution in [0.4, 0.5) is 5.69 Å². The van der Waals surface area contributed by atoms with Gasteiger partial charge in [-0.1, -0.05) is 5.16 Å². The van der Waals surface area contributed by atoms with E-state index in [0.29, 0.717) is 47.9 Å². The Hall–Kier alpha value is -3.35. The third-order valence-corrected chi connectivity index (χ3v) is 4.60. The zero-order valence-electron chi connectivity index (χ0n) is 14.7. The predicted molar refractivity (Wildman–Crippen MR) is 96.1 cm³/mol. The van der Waals surface area contributed by atoms with Crippen LogP contribution in [0.15, 0.2) is 57.7 Å². The van der Waals surface area contributed by atoms with Gasteiger partial charge < -0.3 is 19.0 Å². The van der Waals surface area contributed by atoms with Gasteiger partial charge in [-0.25, -0.2) is 4.79 Å². The van der Waals surface area contributed by atoms with Crippen LogP contribution in [0, 0.1) is 0 Å². The quantitative estimate of drug-likeness (QED) is 0.667. The number of nitrogens with one attached hydrogen (secondary N) is 1. The van der Waals surface area contributed by atoms with E-state index in [-0.39, 0.29) is 11.9 Å². The molecule has 1 aliphatic rings. The van der Waals surface area contributed by atoms with Gasteiger partial charge in [-0.2, -0.15) is 0 Å². The molecule has 3 aromatic rings. The van der Waals surface area contributed by atoms with Gasteiger partial charge in [0, 0.05) is 11.8 Å². The maximum absolute atomic E-state index is 12.8. The minimum atomic E-state index is -0.686. The molecule has 0 spiro atoms. The van der Waals surface area contributed by atoms with Crippen LogP contribution in [0.3, 0.4) is 0 Å². The summed E-state index contributed by atoms with van der Waals surface area (Å²) in [6.45, 7) is 2.07. The third-order valence-electron chi connectivity index (χ3n) is 4.60. The van der Waals surface area contributed by atoms with Crippen LogP contribution in [0.2, 0.25) is 0 Å². The molecule has 0 bridgehead atoms. The van der Waals surface area contributed by atoms with E-state index >= 15 is 0 Å². The number of nitrogens with zero attached hydrogens (tertiary/aromatic N) is 1. The molecule has 1 aliphatic carbocycles. The second-order valence-electron chi connectivity index (χ2n) is 6.39. The summed E-state index contributed by atoms with van der Waals surface area (Å²) in [6.07, 6.45) is 2.95. The summed E-state index contributed by atoms with van der Waals surface area (Å²) < 4.78 is 15.6. The van der Waals surface area contributed by atoms with Crippen LogP contribution in [-0.2, 0) is 14.9 Å². The summed E-state index contributed by atoms with van der Waals surface area (Å²) in [4.78, 5) is 24.5. The molecule has 4 rings (SSSR count). The van der Waals surface area contributed by atoms with Gasteiger partial charge in [-0.15, -0.1) is 0 Å². The van der Waals surface area contributed by atoms with Gasteiger partial charge in [0.2, 0.25) is 11.7 Å². The van der Waals surface area contributed by atoms with E-state index in [0.717, 1.165) is 0 Å². The third kappa shape index (κ3) is 3.23. The van der Waals surface area contributed by atoms with Gasteiger partial charge >= 0.3 is 5.97 Å². The van der Waals surface area contributed by atoms with E-state index < -0.39 is 5.41 Å². The van der Waals surface area contributed by atoms with E-state index in [4.69, 9.17) is 13.7 Å². The van der Waals surface area contributed by atoms with Crippen molar-refractivity contribution in [3.05, 3.63) is 60.0 Å². The first-order valence-corrected chi connectivity index (χ1v) is 8.72. The van der Waals surface area contributed by atoms with Crippen molar-refractivity contribution in [2.24, 2.45) is 0 Å². The monoisotopic (exact) mass is 366 g/mol. The van der Waals surface area contributed by atoms with Crippen molar-refractivity contribution in [1.29, 1.82) is 0 Å². The Morgan fingerprint density at radius 3 is 2.59 bits per heavy atom. The van der Waals surface area contributed by atoms with Crippen molar-refractivity contribution in [3.8, 4) is 11.5 Å². The summed E-state index contributed by atoms with van der Waals surface area (Å²) in [7, 11) is 0. The second kappa shape index (κ2) is 6.75. The zero-order valence-corrected chi connectivity index (χ0v) is 14.7. The predicted octanol–water partition coefficient (Wildman–Crippen LogP) is 3.78. The number of anilines is 1. The largest absolute Gasteiger partial charge is 0.462 e. The fourth-order valence-corrected chi connectivity index (χ4v) is 2.91. The fraction of sp³-hybridized carbons (Fsp3) is 0.250. The average Bonchev–Trinajstić information content (AvgIpc) is 3.09. The lowest BCUT2D eigenvalue weighted by atomic mass is 10.0. The minimum absolute atomic E-state index is 0.148. The molecule has 0 radical (unpaired) electrons. The molecule has 7 heteroatoms. The zero-order chi connectivity index (χ0) is 18.9. The molecule has 1 amide bonds. The number of esters is 1. The second-order valence-corrected chi connectivity index (χ2v) is 6.39. The van der Waals surface area contributed by atoms with Crippen molar-refractivity contribution < 1.29 is 23.3 Å². The van der Waals surface area contributed by atoms with Crippen molar-refractivity contribution in [1.82, 2.24) is 5.16 Å². The molecular weight excluding hydrogens is 348 g/mol. The molecular formula is C20H18N2O5. The molecule has 1 fully saturated rings. The Labute approximate surface area is 155 Å². The smallest absolute Gasteiger partial charge is 0.338 e. The number of furan rings is 1. The summed E-state index contributed by atoms with van der Waals surface area (Å²) in [5.41, 5.74) is 0.952. The highest BCUT2D eigenvalue weighted by molar-refractivity contribution is 6.01. The highest BCUT2D eigenvalue weighted by Gasteiger charge is 2.54. The molecule has 0 atom stereocenters. The van der Waals surface area contributed by atoms with Gasteiger partial charge in [0.25, 0.3) is 0 Å². The van der Waals surface area contributed by atoms with Gasteiger partial charge in [0.05, 0.1) is 29.5 Å². The molecule has 27 heavy (non-hydrogen) atoms. The van der Waals surface area contributed by atoms with Crippen molar-refractivity contribution in [3.63, 3.8) is 0 Å². The van der Waals surface area contributed by atoms with Gasteiger partial charge in [0.1, 0.15) is 0 Å². The van der Waals surface area contributed by atoms with E-state index in [2.05, 4.69) is 10.5 Å². The maximum atomic E-state index is 12.8. The molecule has 2 heterocycles. The van der Waals surface area contributed by atoms with E-state index in [1.165, 1.54) is 0 Å². The lowest BCUT2D eigenvalue weighted by Crippen LogP contribution is -2.28. The number of hydrogen-bond donors (Lipinski definition) is 1. The van der Waals surface area contributed by atoms with Crippen LogP contribution in [0.25, 0.3) is 11.5 Å². The van der Waals surface area contributed by atoms with Gasteiger partial charge in [0.15, 0.2) is 5.76 Å². The number of aromatic nitrogens is 1. The highest BCUT2D eigenvalue weighted by Crippen LogP contribution is 2.49. The number of benzene rings is 1. The Morgan fingerprint density at radius 2 is 1.96 bits per heavy atom. The fourth-order valence-electron chi connectivity index (χ4n) is 2.91. The number of hydrogen-bond acceptors (Lipinski definition) is 6. The van der Waals surface area contributed by atoms with E-state index in [1.807, 2.05) is 0 Å². The Morgan fingerprint density at radius 1 is 1.19 bits per heavy atom. The normalized spacial score (nSPS) is 14.6. The molecule has 1 saturated carbocycles. The summed E-state index contributed by atoms with van der Waals surface area (Å²) >= 11 is 0. The van der Waals surface area contributed by atoms with Crippen LogP contribution in [0.1, 0.15) is 35.8 Å². The van der Waals surface area contributed by atoms with Crippen LogP contribution >= 0.6 is 0 Å².